The summed E-state index contributed by atoms with van der Waals surface area (Å²) < 4.78 is 16.7. The van der Waals surface area contributed by atoms with Crippen molar-refractivity contribution < 1.29 is 14.7 Å². The van der Waals surface area contributed by atoms with Crippen molar-refractivity contribution in [1.29, 1.82) is 0 Å². The monoisotopic (exact) mass is 302 g/mol. The number of nitrogens with one attached hydrogen (secondary N) is 1. The molecule has 2 aromatic rings. The number of aliphatic hydroxyl groups is 1. The molecule has 0 saturated heterocycles. The number of aliphatic hydroxyl groups excluding tert-OH is 1. The van der Waals surface area contributed by atoms with Gasteiger partial charge in [0.15, 0.2) is 5.84 Å². The third kappa shape index (κ3) is 2.98. The SMILES string of the molecule is OCc1snnc1/C(=N\O)Nc1ccc(F)c(Cl)c1. The largest absolute Gasteiger partial charge is 0.409 e. The molecule has 19 heavy (non-hydrogen) atoms. The number of oxime groups is 1. The van der Waals surface area contributed by atoms with E-state index in [1.54, 1.807) is 0 Å². The summed E-state index contributed by atoms with van der Waals surface area (Å²) in [6.45, 7) is -0.280. The normalized spacial score (nSPS) is 11.6. The Morgan fingerprint density at radius 2 is 2.32 bits per heavy atom. The molecule has 0 amide bonds. The van der Waals surface area contributed by atoms with E-state index >= 15 is 0 Å². The minimum absolute atomic E-state index is 0.0134. The van der Waals surface area contributed by atoms with Crippen LogP contribution in [-0.2, 0) is 6.61 Å². The van der Waals surface area contributed by atoms with Gasteiger partial charge in [0.05, 0.1) is 16.5 Å². The van der Waals surface area contributed by atoms with E-state index in [4.69, 9.17) is 21.9 Å². The molecule has 0 aliphatic heterocycles. The summed E-state index contributed by atoms with van der Waals surface area (Å²) in [6, 6.07) is 3.93. The van der Waals surface area contributed by atoms with Crippen molar-refractivity contribution in [3.05, 3.63) is 39.6 Å². The second-order valence-corrected chi connectivity index (χ2v) is 4.65. The fraction of sp³-hybridized carbons (Fsp3) is 0.100. The maximum absolute atomic E-state index is 13.0. The molecule has 0 unspecified atom stereocenters. The van der Waals surface area contributed by atoms with Crippen LogP contribution in [0.25, 0.3) is 0 Å². The van der Waals surface area contributed by atoms with Crippen LogP contribution in [0.2, 0.25) is 5.02 Å². The molecule has 0 aliphatic carbocycles. The Hall–Kier alpha value is -1.77. The van der Waals surface area contributed by atoms with Gasteiger partial charge in [0, 0.05) is 5.69 Å². The van der Waals surface area contributed by atoms with E-state index in [-0.39, 0.29) is 23.2 Å². The summed E-state index contributed by atoms with van der Waals surface area (Å²) in [5.41, 5.74) is 0.631. The molecule has 0 aliphatic rings. The van der Waals surface area contributed by atoms with Gasteiger partial charge in [-0.1, -0.05) is 21.2 Å². The van der Waals surface area contributed by atoms with Gasteiger partial charge in [0.2, 0.25) is 0 Å². The first-order valence-electron chi connectivity index (χ1n) is 5.02. The summed E-state index contributed by atoms with van der Waals surface area (Å²) in [7, 11) is 0. The minimum Gasteiger partial charge on any atom is -0.409 e. The van der Waals surface area contributed by atoms with Gasteiger partial charge >= 0.3 is 0 Å². The number of benzene rings is 1. The van der Waals surface area contributed by atoms with Crippen molar-refractivity contribution >= 4 is 34.7 Å². The summed E-state index contributed by atoms with van der Waals surface area (Å²) >= 11 is 6.62. The summed E-state index contributed by atoms with van der Waals surface area (Å²) in [6.07, 6.45) is 0. The molecule has 0 bridgehead atoms. The summed E-state index contributed by atoms with van der Waals surface area (Å²) in [5, 5.41) is 27.5. The van der Waals surface area contributed by atoms with Crippen molar-refractivity contribution in [2.45, 2.75) is 6.61 Å². The molecule has 6 nitrogen and oxygen atoms in total. The number of hydrogen-bond acceptors (Lipinski definition) is 6. The zero-order valence-electron chi connectivity index (χ0n) is 9.34. The molecular weight excluding hydrogens is 295 g/mol. The van der Waals surface area contributed by atoms with Crippen LogP contribution in [0.5, 0.6) is 0 Å². The van der Waals surface area contributed by atoms with E-state index in [0.29, 0.717) is 10.6 Å². The Kier molecular flexibility index (Phi) is 4.25. The van der Waals surface area contributed by atoms with E-state index in [0.717, 1.165) is 11.5 Å². The number of anilines is 1. The Labute approximate surface area is 116 Å². The molecule has 0 saturated carbocycles. The van der Waals surface area contributed by atoms with Crippen molar-refractivity contribution in [2.75, 3.05) is 5.32 Å². The van der Waals surface area contributed by atoms with Gasteiger partial charge in [0.25, 0.3) is 0 Å². The predicted molar refractivity (Wildman–Crippen MR) is 69.2 cm³/mol. The number of amidine groups is 1. The van der Waals surface area contributed by atoms with Crippen LogP contribution >= 0.6 is 23.1 Å². The zero-order chi connectivity index (χ0) is 13.8. The van der Waals surface area contributed by atoms with E-state index in [1.165, 1.54) is 18.2 Å². The Bertz CT molecular complexity index is 619. The van der Waals surface area contributed by atoms with Gasteiger partial charge in [-0.25, -0.2) is 4.39 Å². The molecular formula is C10H8ClFN4O2S. The van der Waals surface area contributed by atoms with Crippen LogP contribution in [0.1, 0.15) is 10.6 Å². The second-order valence-electron chi connectivity index (χ2n) is 3.41. The number of rotatable bonds is 3. The molecule has 0 atom stereocenters. The van der Waals surface area contributed by atoms with E-state index in [2.05, 4.69) is 20.1 Å². The maximum Gasteiger partial charge on any atom is 0.198 e. The number of nitrogens with zero attached hydrogens (tertiary/aromatic N) is 3. The molecule has 0 radical (unpaired) electrons. The Morgan fingerprint density at radius 3 is 2.95 bits per heavy atom. The van der Waals surface area contributed by atoms with Crippen LogP contribution in [0.4, 0.5) is 10.1 Å². The lowest BCUT2D eigenvalue weighted by Gasteiger charge is -2.07. The third-order valence-electron chi connectivity index (χ3n) is 2.21. The quantitative estimate of drug-likeness (QED) is 0.349. The molecule has 9 heteroatoms. The van der Waals surface area contributed by atoms with Gasteiger partial charge in [-0.2, -0.15) is 0 Å². The number of hydrogen-bond donors (Lipinski definition) is 3. The van der Waals surface area contributed by atoms with Crippen molar-refractivity contribution in [1.82, 2.24) is 9.59 Å². The highest BCUT2D eigenvalue weighted by atomic mass is 35.5. The maximum atomic E-state index is 13.0. The van der Waals surface area contributed by atoms with Crippen LogP contribution in [0.15, 0.2) is 23.4 Å². The topological polar surface area (TPSA) is 90.6 Å². The fourth-order valence-corrected chi connectivity index (χ4v) is 2.02. The number of halogens is 2. The highest BCUT2D eigenvalue weighted by Crippen LogP contribution is 2.20. The molecule has 0 spiro atoms. The van der Waals surface area contributed by atoms with Crippen molar-refractivity contribution in [3.8, 4) is 0 Å². The first-order chi connectivity index (χ1) is 9.15. The van der Waals surface area contributed by atoms with Gasteiger partial charge in [-0.15, -0.1) is 5.10 Å². The van der Waals surface area contributed by atoms with Gasteiger partial charge in [0.1, 0.15) is 11.5 Å². The Morgan fingerprint density at radius 1 is 1.53 bits per heavy atom. The first kappa shape index (κ1) is 13.7. The lowest BCUT2D eigenvalue weighted by atomic mass is 10.3. The molecule has 1 aromatic heterocycles. The minimum atomic E-state index is -0.555. The molecule has 3 N–H and O–H groups in total. The van der Waals surface area contributed by atoms with Gasteiger partial charge < -0.3 is 15.6 Å². The van der Waals surface area contributed by atoms with Crippen molar-refractivity contribution in [3.63, 3.8) is 0 Å². The number of aromatic nitrogens is 2. The lowest BCUT2D eigenvalue weighted by Crippen LogP contribution is -2.16. The average Bonchev–Trinajstić information content (AvgIpc) is 2.88. The second kappa shape index (κ2) is 5.91. The smallest absolute Gasteiger partial charge is 0.198 e. The molecule has 1 aromatic carbocycles. The molecule has 100 valence electrons. The molecule has 0 fully saturated rings. The highest BCUT2D eigenvalue weighted by Gasteiger charge is 2.15. The summed E-state index contributed by atoms with van der Waals surface area (Å²) in [4.78, 5) is 0.438. The third-order valence-corrected chi connectivity index (χ3v) is 3.20. The molecule has 1 heterocycles. The molecule has 2 rings (SSSR count). The average molecular weight is 303 g/mol. The van der Waals surface area contributed by atoms with Crippen LogP contribution < -0.4 is 5.32 Å². The van der Waals surface area contributed by atoms with Crippen LogP contribution in [0, 0.1) is 5.82 Å². The van der Waals surface area contributed by atoms with E-state index in [1.807, 2.05) is 0 Å². The van der Waals surface area contributed by atoms with E-state index in [9.17, 15) is 4.39 Å². The fourth-order valence-electron chi connectivity index (χ4n) is 1.33. The summed E-state index contributed by atoms with van der Waals surface area (Å²) in [5.74, 6) is -0.568. The first-order valence-corrected chi connectivity index (χ1v) is 6.17. The Balaban J connectivity index is 2.27. The zero-order valence-corrected chi connectivity index (χ0v) is 10.9. The van der Waals surface area contributed by atoms with Gasteiger partial charge in [-0.05, 0) is 29.7 Å². The standard InChI is InChI=1S/C10H8ClFN4O2S/c11-6-3-5(1-2-7(6)12)13-10(15-18)9-8(4-17)19-16-14-9/h1-3,17-18H,4H2,(H,13,15). The van der Waals surface area contributed by atoms with Crippen LogP contribution in [-0.4, -0.2) is 25.7 Å². The van der Waals surface area contributed by atoms with Crippen LogP contribution in [0.3, 0.4) is 0 Å². The predicted octanol–water partition coefficient (Wildman–Crippen LogP) is 2.07. The lowest BCUT2D eigenvalue weighted by molar-refractivity contribution is 0.285. The van der Waals surface area contributed by atoms with Gasteiger partial charge in [-0.3, -0.25) is 0 Å². The van der Waals surface area contributed by atoms with Crippen molar-refractivity contribution in [2.24, 2.45) is 5.16 Å². The highest BCUT2D eigenvalue weighted by molar-refractivity contribution is 7.05. The van der Waals surface area contributed by atoms with E-state index < -0.39 is 5.82 Å².